The van der Waals surface area contributed by atoms with Gasteiger partial charge in [-0.1, -0.05) is 283 Å². The number of aliphatic carboxylic acids is 1. The van der Waals surface area contributed by atoms with Gasteiger partial charge in [0.2, 0.25) is 11.8 Å². The van der Waals surface area contributed by atoms with Gasteiger partial charge < -0.3 is 100 Å². The Morgan fingerprint density at radius 2 is 0.921 bits per heavy atom. The Morgan fingerprint density at radius 1 is 0.505 bits per heavy atom. The fourth-order valence-corrected chi connectivity index (χ4v) is 14.3. The highest BCUT2D eigenvalue weighted by atomic mass is 16.8. The zero-order valence-electron chi connectivity index (χ0n) is 62.8. The van der Waals surface area contributed by atoms with E-state index in [2.05, 4.69) is 36.6 Å². The van der Waals surface area contributed by atoms with Crippen LogP contribution in [0.3, 0.4) is 0 Å². The fourth-order valence-electron chi connectivity index (χ4n) is 14.3. The zero-order valence-corrected chi connectivity index (χ0v) is 62.8. The molecule has 0 aromatic rings. The summed E-state index contributed by atoms with van der Waals surface area (Å²) in [6.07, 6.45) is 32.1. The topological polar surface area (TPSA) is 373 Å². The summed E-state index contributed by atoms with van der Waals surface area (Å²) in [5.74, 6) is -6.09. The standard InChI is InChI=1S/C78H146N2O21/c1-4-6-8-10-12-14-16-18-20-22-24-25-26-27-28-29-30-31-32-33-34-36-38-40-42-44-46-48-50-52-65(88)80-59(60(85)51-49-47-45-43-41-39-37-35-23-21-19-17-15-13-11-9-7-5-2)57-96-75-70(92)69(91)72(64(56-83)98-75)99-76-71(93)74(68(90)63(55-82)97-76)101-78(77(94)95)53-61(86)66(79-58(3)84)73(100-78)67(89)62(87)54-81/h27-28,59-64,66-76,81-83,85-87,89-93H,4-26,29-57H2,1-3H3,(H,79,84)(H,80,88)(H,94,95)/b28-27-. The predicted molar refractivity (Wildman–Crippen MR) is 389 cm³/mol. The minimum absolute atomic E-state index is 0.226. The van der Waals surface area contributed by atoms with Crippen molar-refractivity contribution in [2.45, 2.75) is 439 Å². The van der Waals surface area contributed by atoms with E-state index in [0.29, 0.717) is 19.3 Å². The monoisotopic (exact) mass is 1450 g/mol. The number of aliphatic hydroxyl groups excluding tert-OH is 11. The molecule has 594 valence electrons. The fraction of sp³-hybridized carbons (Fsp3) is 0.936. The number of amides is 2. The Hall–Kier alpha value is -2.53. The Morgan fingerprint density at radius 3 is 1.34 bits per heavy atom. The summed E-state index contributed by atoms with van der Waals surface area (Å²) >= 11 is 0. The van der Waals surface area contributed by atoms with Gasteiger partial charge in [-0.2, -0.15) is 0 Å². The minimum atomic E-state index is -3.08. The number of carbonyl (C=O) groups excluding carboxylic acids is 2. The lowest BCUT2D eigenvalue weighted by Gasteiger charge is -2.50. The maximum atomic E-state index is 13.6. The molecule has 14 N–H and O–H groups in total. The molecule has 0 aromatic heterocycles. The third kappa shape index (κ3) is 38.2. The smallest absolute Gasteiger partial charge is 0.364 e. The van der Waals surface area contributed by atoms with Crippen LogP contribution in [0.5, 0.6) is 0 Å². The van der Waals surface area contributed by atoms with E-state index in [4.69, 9.17) is 28.4 Å². The van der Waals surface area contributed by atoms with Crippen molar-refractivity contribution in [3.05, 3.63) is 12.2 Å². The molecule has 23 nitrogen and oxygen atoms in total. The molecule has 0 saturated carbocycles. The molecule has 3 fully saturated rings. The van der Waals surface area contributed by atoms with Gasteiger partial charge >= 0.3 is 5.97 Å². The number of allylic oxidation sites excluding steroid dienone is 2. The molecular weight excluding hydrogens is 1300 g/mol. The summed E-state index contributed by atoms with van der Waals surface area (Å²) in [6.45, 7) is 2.26. The number of rotatable bonds is 64. The van der Waals surface area contributed by atoms with Gasteiger partial charge in [-0.25, -0.2) is 4.79 Å². The van der Waals surface area contributed by atoms with E-state index in [9.17, 15) is 75.7 Å². The number of aliphatic hydroxyl groups is 11. The van der Waals surface area contributed by atoms with Crippen molar-refractivity contribution in [3.63, 3.8) is 0 Å². The highest BCUT2D eigenvalue weighted by molar-refractivity contribution is 5.77. The molecule has 0 aliphatic carbocycles. The van der Waals surface area contributed by atoms with Gasteiger partial charge in [0, 0.05) is 19.8 Å². The molecule has 3 saturated heterocycles. The molecule has 0 spiro atoms. The van der Waals surface area contributed by atoms with Crippen molar-refractivity contribution in [2.24, 2.45) is 0 Å². The van der Waals surface area contributed by atoms with Crippen molar-refractivity contribution in [2.75, 3.05) is 26.4 Å². The van der Waals surface area contributed by atoms with Crippen molar-refractivity contribution >= 4 is 17.8 Å². The first-order valence-electron chi connectivity index (χ1n) is 40.5. The predicted octanol–water partition coefficient (Wildman–Crippen LogP) is 10.6. The van der Waals surface area contributed by atoms with Crippen LogP contribution in [0, 0.1) is 0 Å². The first-order valence-corrected chi connectivity index (χ1v) is 40.5. The van der Waals surface area contributed by atoms with Gasteiger partial charge in [-0.05, 0) is 38.5 Å². The average molecular weight is 1450 g/mol. The summed E-state index contributed by atoms with van der Waals surface area (Å²) in [7, 11) is 0. The number of carbonyl (C=O) groups is 3. The lowest BCUT2D eigenvalue weighted by atomic mass is 9.88. The van der Waals surface area contributed by atoms with E-state index in [1.807, 2.05) is 0 Å². The largest absolute Gasteiger partial charge is 0.477 e. The number of carboxylic acids is 1. The minimum Gasteiger partial charge on any atom is -0.477 e. The van der Waals surface area contributed by atoms with Crippen molar-refractivity contribution < 1.29 is 104 Å². The molecule has 0 aromatic carbocycles. The van der Waals surface area contributed by atoms with E-state index < -0.39 is 148 Å². The number of ether oxygens (including phenoxy) is 6. The summed E-state index contributed by atoms with van der Waals surface area (Å²) < 4.78 is 35.0. The maximum absolute atomic E-state index is 13.6. The average Bonchev–Trinajstić information content (AvgIpc) is 0.756. The first-order chi connectivity index (χ1) is 48.9. The van der Waals surface area contributed by atoms with E-state index in [0.717, 1.165) is 58.3 Å². The van der Waals surface area contributed by atoms with Gasteiger partial charge in [0.05, 0.1) is 50.7 Å². The molecule has 18 atom stereocenters. The van der Waals surface area contributed by atoms with Gasteiger partial charge in [0.25, 0.3) is 5.79 Å². The molecule has 18 unspecified atom stereocenters. The van der Waals surface area contributed by atoms with Crippen LogP contribution in [-0.4, -0.2) is 215 Å². The van der Waals surface area contributed by atoms with Crippen LogP contribution in [0.2, 0.25) is 0 Å². The number of hydrogen-bond acceptors (Lipinski definition) is 20. The molecule has 0 bridgehead atoms. The lowest BCUT2D eigenvalue weighted by Crippen LogP contribution is -2.70. The molecule has 2 amide bonds. The Labute approximate surface area is 607 Å². The molecule has 101 heavy (non-hydrogen) atoms. The summed E-state index contributed by atoms with van der Waals surface area (Å²) in [5.41, 5.74) is 0. The van der Waals surface area contributed by atoms with Crippen molar-refractivity contribution in [1.29, 1.82) is 0 Å². The second-order valence-electron chi connectivity index (χ2n) is 29.6. The third-order valence-electron chi connectivity index (χ3n) is 20.7. The number of hydrogen-bond donors (Lipinski definition) is 14. The van der Waals surface area contributed by atoms with Crippen LogP contribution in [0.4, 0.5) is 0 Å². The summed E-state index contributed by atoms with van der Waals surface area (Å²) in [6, 6.07) is -2.53. The highest BCUT2D eigenvalue weighted by Gasteiger charge is 2.60. The Balaban J connectivity index is 1.49. The van der Waals surface area contributed by atoms with E-state index in [1.165, 1.54) is 225 Å². The maximum Gasteiger partial charge on any atom is 0.364 e. The van der Waals surface area contributed by atoms with Gasteiger partial charge in [-0.3, -0.25) is 9.59 Å². The second kappa shape index (κ2) is 57.6. The highest BCUT2D eigenvalue weighted by Crippen LogP contribution is 2.39. The molecule has 23 heteroatoms. The number of nitrogens with one attached hydrogen (secondary N) is 2. The number of carboxylic acid groups (broad SMARTS) is 1. The summed E-state index contributed by atoms with van der Waals surface area (Å²) in [4.78, 5) is 38.7. The SMILES string of the molecule is CCCCCCCCCCCCCC/C=C\CCCCCCCCCCCCCCCC(=O)NC(COC1OC(CO)C(OC2OC(CO)C(O)C(OC3(C(=O)O)CC(O)C(NC(C)=O)C(C(O)C(O)CO)O3)C2O)C(O)C1O)C(O)CCCCCCCCCCCCCCCCCCCC. The molecule has 3 heterocycles. The molecule has 3 aliphatic rings. The van der Waals surface area contributed by atoms with E-state index >= 15 is 0 Å². The lowest BCUT2D eigenvalue weighted by molar-refractivity contribution is -0.386. The van der Waals surface area contributed by atoms with Crippen molar-refractivity contribution in [1.82, 2.24) is 10.6 Å². The molecule has 3 aliphatic heterocycles. The van der Waals surface area contributed by atoms with Crippen LogP contribution in [-0.2, 0) is 42.8 Å². The van der Waals surface area contributed by atoms with Crippen LogP contribution in [0.15, 0.2) is 12.2 Å². The Bertz CT molecular complexity index is 2070. The molecule has 0 radical (unpaired) electrons. The first kappa shape index (κ1) is 92.7. The van der Waals surface area contributed by atoms with Gasteiger partial charge in [-0.15, -0.1) is 0 Å². The van der Waals surface area contributed by atoms with E-state index in [1.54, 1.807) is 0 Å². The van der Waals surface area contributed by atoms with Crippen LogP contribution in [0.1, 0.15) is 329 Å². The second-order valence-corrected chi connectivity index (χ2v) is 29.6. The van der Waals surface area contributed by atoms with Crippen LogP contribution in [0.25, 0.3) is 0 Å². The van der Waals surface area contributed by atoms with Crippen LogP contribution < -0.4 is 10.6 Å². The van der Waals surface area contributed by atoms with E-state index in [-0.39, 0.29) is 18.9 Å². The third-order valence-corrected chi connectivity index (χ3v) is 20.7. The van der Waals surface area contributed by atoms with Gasteiger partial charge in [0.15, 0.2) is 12.6 Å². The summed E-state index contributed by atoms with van der Waals surface area (Å²) in [5, 5.41) is 137. The quantitative estimate of drug-likeness (QED) is 0.0199. The zero-order chi connectivity index (χ0) is 73.9. The normalized spacial score (nSPS) is 26.8. The van der Waals surface area contributed by atoms with Crippen molar-refractivity contribution in [3.8, 4) is 0 Å². The number of unbranched alkanes of at least 4 members (excludes halogenated alkanes) is 42. The molecular formula is C78H146N2O21. The Kier molecular flexibility index (Phi) is 52.9. The van der Waals surface area contributed by atoms with Crippen LogP contribution >= 0.6 is 0 Å². The van der Waals surface area contributed by atoms with Gasteiger partial charge in [0.1, 0.15) is 67.1 Å². The molecule has 3 rings (SSSR count).